The van der Waals surface area contributed by atoms with Crippen molar-refractivity contribution in [1.29, 1.82) is 0 Å². The highest BCUT2D eigenvalue weighted by Gasteiger charge is 2.50. The molecule has 1 amide bonds. The first kappa shape index (κ1) is 18.2. The summed E-state index contributed by atoms with van der Waals surface area (Å²) in [6.45, 7) is 0. The third-order valence-corrected chi connectivity index (χ3v) is 5.26. The van der Waals surface area contributed by atoms with E-state index in [1.165, 1.54) is 0 Å². The monoisotopic (exact) mass is 397 g/mol. The molecule has 28 heavy (non-hydrogen) atoms. The summed E-state index contributed by atoms with van der Waals surface area (Å²) in [4.78, 5) is 35.3. The fraction of sp³-hybridized carbons (Fsp3) is 0.200. The standard InChI is InChI=1S/C20H16ClN3O4/c21-24(19(26)15-10-16(15)20(27)28)12-5-3-4-11(8-12)9-17-13-6-1-2-7-14(13)18(25)23-22-17/h1-8,15-16H,9-10H2,(H,23,25)(H,27,28). The summed E-state index contributed by atoms with van der Waals surface area (Å²) < 4.78 is 0.982. The average Bonchev–Trinajstić information content (AvgIpc) is 3.51. The topological polar surface area (TPSA) is 103 Å². The van der Waals surface area contributed by atoms with E-state index in [0.29, 0.717) is 29.6 Å². The lowest BCUT2D eigenvalue weighted by Gasteiger charge is -2.15. The van der Waals surface area contributed by atoms with Crippen LogP contribution < -0.4 is 9.98 Å². The van der Waals surface area contributed by atoms with Gasteiger partial charge in [-0.05, 0) is 30.2 Å². The second-order valence-electron chi connectivity index (χ2n) is 6.80. The molecule has 2 N–H and O–H groups in total. The SMILES string of the molecule is O=C(O)C1CC1C(=O)N(Cl)c1cccc(Cc2n[nH]c(=O)c3ccccc23)c1. The van der Waals surface area contributed by atoms with E-state index >= 15 is 0 Å². The van der Waals surface area contributed by atoms with Gasteiger partial charge in [-0.25, -0.2) is 9.52 Å². The molecule has 0 spiro atoms. The van der Waals surface area contributed by atoms with Crippen LogP contribution in [0, 0.1) is 11.8 Å². The number of halogens is 1. The van der Waals surface area contributed by atoms with E-state index in [1.807, 2.05) is 18.2 Å². The Morgan fingerprint density at radius 3 is 2.61 bits per heavy atom. The van der Waals surface area contributed by atoms with Crippen molar-refractivity contribution in [2.75, 3.05) is 4.42 Å². The highest BCUT2D eigenvalue weighted by molar-refractivity contribution is 6.37. The third-order valence-electron chi connectivity index (χ3n) is 4.90. The van der Waals surface area contributed by atoms with Crippen LogP contribution >= 0.6 is 11.8 Å². The van der Waals surface area contributed by atoms with Crippen molar-refractivity contribution in [3.8, 4) is 0 Å². The predicted molar refractivity (Wildman–Crippen MR) is 104 cm³/mol. The number of nitrogens with one attached hydrogen (secondary N) is 1. The quantitative estimate of drug-likeness (QED) is 0.644. The number of hydrogen-bond acceptors (Lipinski definition) is 4. The molecule has 8 heteroatoms. The van der Waals surface area contributed by atoms with Crippen LogP contribution in [0.1, 0.15) is 17.7 Å². The van der Waals surface area contributed by atoms with Gasteiger partial charge in [0.2, 0.25) is 5.91 Å². The van der Waals surface area contributed by atoms with Gasteiger partial charge in [0.25, 0.3) is 5.56 Å². The summed E-state index contributed by atoms with van der Waals surface area (Å²) in [7, 11) is 0. The maximum absolute atomic E-state index is 12.4. The number of rotatable bonds is 5. The van der Waals surface area contributed by atoms with Crippen LogP contribution in [0.15, 0.2) is 53.3 Å². The normalized spacial score (nSPS) is 18.0. The van der Waals surface area contributed by atoms with Crippen LogP contribution in [0.5, 0.6) is 0 Å². The molecule has 142 valence electrons. The number of aliphatic carboxylic acids is 1. The van der Waals surface area contributed by atoms with E-state index in [2.05, 4.69) is 10.2 Å². The number of amides is 1. The second-order valence-corrected chi connectivity index (χ2v) is 7.14. The zero-order valence-corrected chi connectivity index (χ0v) is 15.4. The minimum Gasteiger partial charge on any atom is -0.481 e. The van der Waals surface area contributed by atoms with E-state index in [4.69, 9.17) is 16.9 Å². The average molecular weight is 398 g/mol. The van der Waals surface area contributed by atoms with E-state index < -0.39 is 23.7 Å². The van der Waals surface area contributed by atoms with E-state index in [9.17, 15) is 14.4 Å². The molecular weight excluding hydrogens is 382 g/mol. The van der Waals surface area contributed by atoms with Gasteiger partial charge in [0.05, 0.1) is 28.6 Å². The number of hydrogen-bond donors (Lipinski definition) is 2. The summed E-state index contributed by atoms with van der Waals surface area (Å²) in [5, 5.41) is 17.0. The number of carbonyl (C=O) groups is 2. The summed E-state index contributed by atoms with van der Waals surface area (Å²) >= 11 is 6.18. The van der Waals surface area contributed by atoms with Gasteiger partial charge in [-0.2, -0.15) is 5.10 Å². The first-order valence-electron chi connectivity index (χ1n) is 8.73. The van der Waals surface area contributed by atoms with Gasteiger partial charge in [0, 0.05) is 23.6 Å². The number of carbonyl (C=O) groups excluding carboxylic acids is 1. The Balaban J connectivity index is 1.58. The lowest BCUT2D eigenvalue weighted by molar-refractivity contribution is -0.139. The van der Waals surface area contributed by atoms with Crippen molar-refractivity contribution in [3.63, 3.8) is 0 Å². The number of H-pyrrole nitrogens is 1. The van der Waals surface area contributed by atoms with Gasteiger partial charge in [0.15, 0.2) is 0 Å². The summed E-state index contributed by atoms with van der Waals surface area (Å²) in [6.07, 6.45) is 0.746. The van der Waals surface area contributed by atoms with Crippen molar-refractivity contribution in [2.24, 2.45) is 11.8 Å². The minimum atomic E-state index is -0.979. The number of fused-ring (bicyclic) bond motifs is 1. The first-order chi connectivity index (χ1) is 13.5. The first-order valence-corrected chi connectivity index (χ1v) is 9.07. The molecular formula is C20H16ClN3O4. The number of carboxylic acid groups (broad SMARTS) is 1. The Bertz CT molecular complexity index is 1140. The number of anilines is 1. The van der Waals surface area contributed by atoms with Crippen LogP contribution in [-0.4, -0.2) is 27.2 Å². The lowest BCUT2D eigenvalue weighted by Crippen LogP contribution is -2.24. The van der Waals surface area contributed by atoms with E-state index in [1.54, 1.807) is 30.3 Å². The summed E-state index contributed by atoms with van der Waals surface area (Å²) in [5.74, 6) is -2.64. The fourth-order valence-electron chi connectivity index (χ4n) is 3.30. The number of nitrogens with zero attached hydrogens (tertiary/aromatic N) is 2. The Hall–Kier alpha value is -3.19. The van der Waals surface area contributed by atoms with Crippen molar-refractivity contribution in [2.45, 2.75) is 12.8 Å². The van der Waals surface area contributed by atoms with Crippen molar-refractivity contribution in [3.05, 3.63) is 70.1 Å². The van der Waals surface area contributed by atoms with E-state index in [0.717, 1.165) is 15.4 Å². The van der Waals surface area contributed by atoms with Gasteiger partial charge in [-0.15, -0.1) is 0 Å². The Morgan fingerprint density at radius 1 is 1.14 bits per heavy atom. The molecule has 1 aliphatic rings. The van der Waals surface area contributed by atoms with Crippen molar-refractivity contribution < 1.29 is 14.7 Å². The highest BCUT2D eigenvalue weighted by Crippen LogP contribution is 2.41. The van der Waals surface area contributed by atoms with Gasteiger partial charge in [-0.3, -0.25) is 14.4 Å². The van der Waals surface area contributed by atoms with Crippen molar-refractivity contribution in [1.82, 2.24) is 10.2 Å². The van der Waals surface area contributed by atoms with Crippen LogP contribution in [0.3, 0.4) is 0 Å². The highest BCUT2D eigenvalue weighted by atomic mass is 35.5. The fourth-order valence-corrected chi connectivity index (χ4v) is 3.53. The Kier molecular flexibility index (Phi) is 4.60. The molecule has 2 atom stereocenters. The number of aromatic nitrogens is 2. The lowest BCUT2D eigenvalue weighted by atomic mass is 10.0. The van der Waals surface area contributed by atoms with Crippen LogP contribution in [-0.2, 0) is 16.0 Å². The zero-order chi connectivity index (χ0) is 19.8. The Morgan fingerprint density at radius 2 is 1.89 bits per heavy atom. The molecule has 1 aliphatic carbocycles. The molecule has 0 radical (unpaired) electrons. The molecule has 0 bridgehead atoms. The predicted octanol–water partition coefficient (Wildman–Crippen LogP) is 2.72. The minimum absolute atomic E-state index is 0.247. The molecule has 2 aromatic carbocycles. The molecule has 2 unspecified atom stereocenters. The Labute approximate surface area is 164 Å². The largest absolute Gasteiger partial charge is 0.481 e. The van der Waals surface area contributed by atoms with Gasteiger partial charge >= 0.3 is 5.97 Å². The third kappa shape index (κ3) is 3.36. The molecule has 4 rings (SSSR count). The van der Waals surface area contributed by atoms with Crippen molar-refractivity contribution >= 4 is 40.1 Å². The number of benzene rings is 2. The van der Waals surface area contributed by atoms with E-state index in [-0.39, 0.29) is 5.56 Å². The molecule has 1 heterocycles. The molecule has 1 fully saturated rings. The van der Waals surface area contributed by atoms with Crippen LogP contribution in [0.2, 0.25) is 0 Å². The molecule has 1 saturated carbocycles. The number of carboxylic acids is 1. The van der Waals surface area contributed by atoms with Gasteiger partial charge < -0.3 is 5.11 Å². The maximum Gasteiger partial charge on any atom is 0.307 e. The zero-order valence-electron chi connectivity index (χ0n) is 14.6. The number of aromatic amines is 1. The summed E-state index contributed by atoms with van der Waals surface area (Å²) in [5.41, 5.74) is 1.77. The maximum atomic E-state index is 12.4. The molecule has 1 aromatic heterocycles. The molecule has 0 saturated heterocycles. The second kappa shape index (κ2) is 7.09. The molecule has 7 nitrogen and oxygen atoms in total. The van der Waals surface area contributed by atoms with Crippen LogP contribution in [0.4, 0.5) is 5.69 Å². The van der Waals surface area contributed by atoms with Gasteiger partial charge in [0.1, 0.15) is 0 Å². The molecule has 3 aromatic rings. The smallest absolute Gasteiger partial charge is 0.307 e. The summed E-state index contributed by atoms with van der Waals surface area (Å²) in [6, 6.07) is 14.3. The van der Waals surface area contributed by atoms with Gasteiger partial charge in [-0.1, -0.05) is 30.3 Å². The molecule has 0 aliphatic heterocycles. The van der Waals surface area contributed by atoms with Crippen LogP contribution in [0.25, 0.3) is 10.8 Å².